The lowest BCUT2D eigenvalue weighted by Gasteiger charge is -2.40. The van der Waals surface area contributed by atoms with Gasteiger partial charge in [0.2, 0.25) is 0 Å². The summed E-state index contributed by atoms with van der Waals surface area (Å²) in [4.78, 5) is 0. The molecule has 228 valence electrons. The number of nitrogens with zero attached hydrogens (tertiary/aromatic N) is 1. The van der Waals surface area contributed by atoms with E-state index in [1.165, 1.54) is 51.4 Å². The molecule has 0 rings (SSSR count). The molecule has 0 aliphatic rings. The van der Waals surface area contributed by atoms with Crippen LogP contribution in [0.4, 0.5) is 0 Å². The zero-order valence-electron chi connectivity index (χ0n) is 24.3. The van der Waals surface area contributed by atoms with Gasteiger partial charge in [0.25, 0.3) is 0 Å². The molecule has 2 atom stereocenters. The minimum Gasteiger partial charge on any atom is -1.00 e. The van der Waals surface area contributed by atoms with Crippen LogP contribution in [0.1, 0.15) is 90.4 Å². The Labute approximate surface area is 239 Å². The van der Waals surface area contributed by atoms with Crippen LogP contribution in [0.2, 0.25) is 0 Å². The largest absolute Gasteiger partial charge is 1.00 e. The van der Waals surface area contributed by atoms with Crippen molar-refractivity contribution < 1.29 is 46.8 Å². The molecule has 4 N–H and O–H groups in total. The van der Waals surface area contributed by atoms with E-state index in [0.717, 1.165) is 51.7 Å². The molecule has 0 saturated heterocycles. The molecule has 0 aliphatic carbocycles. The first kappa shape index (κ1) is 39.6. The number of halogens is 1. The number of aliphatic hydroxyl groups excluding tert-OH is 4. The monoisotopic (exact) mass is 565 g/mol. The Kier molecular flexibility index (Phi) is 32.4. The first-order valence-corrected chi connectivity index (χ1v) is 14.9. The molecule has 0 bridgehead atoms. The molecule has 0 heterocycles. The summed E-state index contributed by atoms with van der Waals surface area (Å²) in [6.07, 6.45) is 23.8. The van der Waals surface area contributed by atoms with Crippen molar-refractivity contribution >= 4 is 0 Å². The van der Waals surface area contributed by atoms with Gasteiger partial charge in [-0.1, -0.05) is 63.3 Å². The Morgan fingerprint density at radius 1 is 0.632 bits per heavy atom. The molecule has 2 unspecified atom stereocenters. The molecular weight excluding hydrogens is 506 g/mol. The molecule has 38 heavy (non-hydrogen) atoms. The van der Waals surface area contributed by atoms with Crippen LogP contribution in [-0.4, -0.2) is 103 Å². The molecule has 0 fully saturated rings. The summed E-state index contributed by atoms with van der Waals surface area (Å²) >= 11 is 0. The van der Waals surface area contributed by atoms with Gasteiger partial charge < -0.3 is 46.8 Å². The number of ether oxygens (including phenoxy) is 2. The van der Waals surface area contributed by atoms with Crippen molar-refractivity contribution in [2.75, 3.05) is 72.4 Å². The van der Waals surface area contributed by atoms with Crippen molar-refractivity contribution in [3.05, 3.63) is 24.3 Å². The SMILES string of the molecule is CCCCC/C=C\C/C=C\CCCCCCCC[N+](CCCOCCO)(CCOCCO)CC(O)CO.[Cl-]. The van der Waals surface area contributed by atoms with Gasteiger partial charge >= 0.3 is 0 Å². The van der Waals surface area contributed by atoms with Crippen molar-refractivity contribution in [1.29, 1.82) is 0 Å². The normalized spacial score (nSPS) is 14.2. The zero-order chi connectivity index (χ0) is 27.3. The lowest BCUT2D eigenvalue weighted by atomic mass is 10.1. The maximum atomic E-state index is 10.3. The predicted octanol–water partition coefficient (Wildman–Crippen LogP) is 1.38. The van der Waals surface area contributed by atoms with Crippen molar-refractivity contribution in [2.24, 2.45) is 0 Å². The molecule has 8 heteroatoms. The molecule has 0 radical (unpaired) electrons. The third kappa shape index (κ3) is 25.8. The molecular formula is C30H60ClNO6. The Balaban J connectivity index is 0. The highest BCUT2D eigenvalue weighted by molar-refractivity contribution is 4.92. The van der Waals surface area contributed by atoms with Crippen molar-refractivity contribution in [3.63, 3.8) is 0 Å². The van der Waals surface area contributed by atoms with Crippen molar-refractivity contribution in [2.45, 2.75) is 96.5 Å². The summed E-state index contributed by atoms with van der Waals surface area (Å²) in [5.41, 5.74) is 0. The summed E-state index contributed by atoms with van der Waals surface area (Å²) in [5.74, 6) is 0. The topological polar surface area (TPSA) is 99.4 Å². The predicted molar refractivity (Wildman–Crippen MR) is 153 cm³/mol. The fourth-order valence-electron chi connectivity index (χ4n) is 4.64. The first-order valence-electron chi connectivity index (χ1n) is 14.9. The van der Waals surface area contributed by atoms with E-state index in [9.17, 15) is 10.2 Å². The zero-order valence-corrected chi connectivity index (χ0v) is 25.0. The molecule has 0 saturated carbocycles. The van der Waals surface area contributed by atoms with E-state index in [4.69, 9.17) is 19.7 Å². The number of quaternary nitrogens is 1. The molecule has 0 amide bonds. The second-order valence-corrected chi connectivity index (χ2v) is 10.1. The minimum absolute atomic E-state index is 0. The van der Waals surface area contributed by atoms with Crippen LogP contribution in [0.3, 0.4) is 0 Å². The third-order valence-corrected chi connectivity index (χ3v) is 6.74. The second kappa shape index (κ2) is 31.0. The summed E-state index contributed by atoms with van der Waals surface area (Å²) in [6, 6.07) is 0. The second-order valence-electron chi connectivity index (χ2n) is 10.1. The number of hydrogen-bond acceptors (Lipinski definition) is 6. The number of hydrogen-bond donors (Lipinski definition) is 4. The van der Waals surface area contributed by atoms with Crippen molar-refractivity contribution in [1.82, 2.24) is 0 Å². The molecule has 0 aromatic heterocycles. The van der Waals surface area contributed by atoms with Gasteiger partial charge in [0.1, 0.15) is 19.2 Å². The highest BCUT2D eigenvalue weighted by Gasteiger charge is 2.29. The number of unbranched alkanes of at least 4 members (excludes halogenated alkanes) is 9. The lowest BCUT2D eigenvalue weighted by Crippen LogP contribution is -3.00. The van der Waals surface area contributed by atoms with Gasteiger partial charge in [-0.25, -0.2) is 0 Å². The van der Waals surface area contributed by atoms with Gasteiger partial charge in [0, 0.05) is 6.42 Å². The number of aliphatic hydroxyl groups is 4. The Hall–Kier alpha value is -0.510. The van der Waals surface area contributed by atoms with Crippen LogP contribution in [0.15, 0.2) is 24.3 Å². The molecule has 0 aliphatic heterocycles. The summed E-state index contributed by atoms with van der Waals surface area (Å²) in [5, 5.41) is 37.7. The molecule has 7 nitrogen and oxygen atoms in total. The molecule has 0 aromatic rings. The van der Waals surface area contributed by atoms with Gasteiger partial charge in [0.05, 0.1) is 59.3 Å². The van der Waals surface area contributed by atoms with Gasteiger partial charge in [-0.3, -0.25) is 0 Å². The lowest BCUT2D eigenvalue weighted by molar-refractivity contribution is -0.931. The first-order chi connectivity index (χ1) is 18.1. The van der Waals surface area contributed by atoms with E-state index < -0.39 is 6.10 Å². The van der Waals surface area contributed by atoms with Gasteiger partial charge in [-0.2, -0.15) is 0 Å². The summed E-state index contributed by atoms with van der Waals surface area (Å²) < 4.78 is 11.7. The number of allylic oxidation sites excluding steroid dienone is 4. The average molecular weight is 566 g/mol. The smallest absolute Gasteiger partial charge is 0.126 e. The third-order valence-electron chi connectivity index (χ3n) is 6.74. The summed E-state index contributed by atoms with van der Waals surface area (Å²) in [6.45, 7) is 6.71. The standard InChI is InChI=1S/C30H60NO6.ClH/c1-2-3-4-5-6-7-8-9-10-11-12-13-14-15-16-17-19-31(28-30(35)29-34,21-25-37-27-23-33)20-18-24-36-26-22-32;/h6-7,9-10,30,32-35H,2-5,8,11-29H2,1H3;1H/q+1;/p-1/b7-6-,10-9-;. The van der Waals surface area contributed by atoms with E-state index in [1.807, 2.05) is 0 Å². The van der Waals surface area contributed by atoms with E-state index in [0.29, 0.717) is 37.5 Å². The Morgan fingerprint density at radius 2 is 1.18 bits per heavy atom. The fraction of sp³-hybridized carbons (Fsp3) is 0.867. The van der Waals surface area contributed by atoms with Gasteiger partial charge in [-0.15, -0.1) is 0 Å². The maximum Gasteiger partial charge on any atom is 0.126 e. The van der Waals surface area contributed by atoms with E-state index in [2.05, 4.69) is 31.2 Å². The van der Waals surface area contributed by atoms with E-state index in [1.54, 1.807) is 0 Å². The minimum atomic E-state index is -0.763. The van der Waals surface area contributed by atoms with Crippen molar-refractivity contribution in [3.8, 4) is 0 Å². The van der Waals surface area contributed by atoms with E-state index in [-0.39, 0.29) is 32.2 Å². The van der Waals surface area contributed by atoms with Gasteiger partial charge in [-0.05, 0) is 44.9 Å². The van der Waals surface area contributed by atoms with Crippen LogP contribution >= 0.6 is 0 Å². The van der Waals surface area contributed by atoms with Crippen LogP contribution in [0.5, 0.6) is 0 Å². The summed E-state index contributed by atoms with van der Waals surface area (Å²) in [7, 11) is 0. The highest BCUT2D eigenvalue weighted by Crippen LogP contribution is 2.16. The maximum absolute atomic E-state index is 10.3. The molecule has 0 spiro atoms. The van der Waals surface area contributed by atoms with E-state index >= 15 is 0 Å². The Morgan fingerprint density at radius 3 is 1.79 bits per heavy atom. The Bertz CT molecular complexity index is 523. The van der Waals surface area contributed by atoms with Crippen LogP contribution < -0.4 is 12.4 Å². The number of rotatable bonds is 29. The van der Waals surface area contributed by atoms with Gasteiger partial charge in [0.15, 0.2) is 0 Å². The average Bonchev–Trinajstić information content (AvgIpc) is 2.90. The quantitative estimate of drug-likeness (QED) is 0.0621. The fourth-order valence-corrected chi connectivity index (χ4v) is 4.64. The van der Waals surface area contributed by atoms with Crippen LogP contribution in [0, 0.1) is 0 Å². The van der Waals surface area contributed by atoms with Crippen LogP contribution in [0.25, 0.3) is 0 Å². The highest BCUT2D eigenvalue weighted by atomic mass is 35.5. The molecule has 0 aromatic carbocycles. The van der Waals surface area contributed by atoms with Crippen LogP contribution in [-0.2, 0) is 9.47 Å².